The molecule has 1 aromatic rings. The summed E-state index contributed by atoms with van der Waals surface area (Å²) in [6.45, 7) is 5.47. The Bertz CT molecular complexity index is 437. The Kier molecular flexibility index (Phi) is 3.84. The van der Waals surface area contributed by atoms with Gasteiger partial charge in [0.15, 0.2) is 0 Å². The molecule has 4 nitrogen and oxygen atoms in total. The summed E-state index contributed by atoms with van der Waals surface area (Å²) >= 11 is 0. The Hall–Kier alpha value is -0.940. The highest BCUT2D eigenvalue weighted by Gasteiger charge is 2.33. The van der Waals surface area contributed by atoms with E-state index in [0.717, 1.165) is 32.8 Å². The summed E-state index contributed by atoms with van der Waals surface area (Å²) in [5, 5.41) is 0. The molecule has 104 valence electrons. The van der Waals surface area contributed by atoms with Crippen molar-refractivity contribution in [2.24, 2.45) is 5.73 Å². The summed E-state index contributed by atoms with van der Waals surface area (Å²) in [7, 11) is 2.17. The van der Waals surface area contributed by atoms with Gasteiger partial charge in [0, 0.05) is 32.2 Å². The second-order valence-electron chi connectivity index (χ2n) is 5.62. The molecule has 1 aromatic carbocycles. The summed E-state index contributed by atoms with van der Waals surface area (Å²) in [6, 6.07) is 9.44. The zero-order valence-corrected chi connectivity index (χ0v) is 11.6. The molecule has 4 heteroatoms. The Labute approximate surface area is 115 Å². The summed E-state index contributed by atoms with van der Waals surface area (Å²) in [4.78, 5) is 4.90. The van der Waals surface area contributed by atoms with Gasteiger partial charge in [-0.1, -0.05) is 24.3 Å². The molecule has 2 aliphatic heterocycles. The third-order valence-corrected chi connectivity index (χ3v) is 4.35. The summed E-state index contributed by atoms with van der Waals surface area (Å²) in [5.41, 5.74) is 8.73. The van der Waals surface area contributed by atoms with Crippen LogP contribution in [0.3, 0.4) is 0 Å². The lowest BCUT2D eigenvalue weighted by molar-refractivity contribution is -0.0114. The quantitative estimate of drug-likeness (QED) is 0.856. The van der Waals surface area contributed by atoms with Crippen LogP contribution in [0.25, 0.3) is 0 Å². The highest BCUT2D eigenvalue weighted by molar-refractivity contribution is 5.31. The second kappa shape index (κ2) is 5.59. The maximum atomic E-state index is 5.97. The van der Waals surface area contributed by atoms with Crippen LogP contribution in [0.15, 0.2) is 24.3 Å². The van der Waals surface area contributed by atoms with Crippen LogP contribution in [0.5, 0.6) is 0 Å². The Morgan fingerprint density at radius 1 is 1.32 bits per heavy atom. The molecular weight excluding hydrogens is 238 g/mol. The van der Waals surface area contributed by atoms with Crippen molar-refractivity contribution in [3.05, 3.63) is 35.4 Å². The topological polar surface area (TPSA) is 41.7 Å². The number of piperazine rings is 1. The molecule has 2 heterocycles. The van der Waals surface area contributed by atoms with Crippen molar-refractivity contribution in [3.8, 4) is 0 Å². The van der Waals surface area contributed by atoms with Crippen molar-refractivity contribution in [2.75, 3.05) is 39.8 Å². The van der Waals surface area contributed by atoms with Crippen LogP contribution >= 0.6 is 0 Å². The van der Waals surface area contributed by atoms with E-state index in [1.807, 2.05) is 0 Å². The Morgan fingerprint density at radius 2 is 2.16 bits per heavy atom. The first-order chi connectivity index (χ1) is 9.29. The number of hydrogen-bond donors (Lipinski definition) is 1. The van der Waals surface area contributed by atoms with Crippen LogP contribution in [0.4, 0.5) is 0 Å². The van der Waals surface area contributed by atoms with Crippen LogP contribution in [0.2, 0.25) is 0 Å². The van der Waals surface area contributed by atoms with Gasteiger partial charge in [0.1, 0.15) is 0 Å². The van der Waals surface area contributed by atoms with Gasteiger partial charge in [-0.05, 0) is 18.2 Å². The Morgan fingerprint density at radius 3 is 3.00 bits per heavy atom. The molecule has 2 aliphatic rings. The van der Waals surface area contributed by atoms with Gasteiger partial charge in [0.05, 0.1) is 19.3 Å². The van der Waals surface area contributed by atoms with E-state index in [1.165, 1.54) is 11.1 Å². The lowest BCUT2D eigenvalue weighted by atomic mass is 9.95. The van der Waals surface area contributed by atoms with Gasteiger partial charge in [0.25, 0.3) is 0 Å². The van der Waals surface area contributed by atoms with Crippen LogP contribution in [0.1, 0.15) is 17.2 Å². The van der Waals surface area contributed by atoms with Crippen molar-refractivity contribution in [3.63, 3.8) is 0 Å². The molecule has 0 amide bonds. The number of ether oxygens (including phenoxy) is 1. The van der Waals surface area contributed by atoms with Crippen molar-refractivity contribution >= 4 is 0 Å². The molecular formula is C15H23N3O. The number of hydrogen-bond acceptors (Lipinski definition) is 4. The minimum Gasteiger partial charge on any atom is -0.375 e. The Balaban J connectivity index is 1.86. The van der Waals surface area contributed by atoms with Gasteiger partial charge in [-0.2, -0.15) is 0 Å². The highest BCUT2D eigenvalue weighted by Crippen LogP contribution is 2.31. The molecule has 2 atom stereocenters. The van der Waals surface area contributed by atoms with E-state index in [9.17, 15) is 0 Å². The van der Waals surface area contributed by atoms with E-state index >= 15 is 0 Å². The molecule has 0 saturated carbocycles. The van der Waals surface area contributed by atoms with Crippen LogP contribution in [-0.2, 0) is 11.3 Å². The molecule has 19 heavy (non-hydrogen) atoms. The number of fused-ring (bicyclic) bond motifs is 1. The lowest BCUT2D eigenvalue weighted by Gasteiger charge is -2.45. The fraction of sp³-hybridized carbons (Fsp3) is 0.600. The first-order valence-corrected chi connectivity index (χ1v) is 7.09. The van der Waals surface area contributed by atoms with E-state index in [-0.39, 0.29) is 0 Å². The van der Waals surface area contributed by atoms with Crippen LogP contribution in [0, 0.1) is 0 Å². The average molecular weight is 261 g/mol. The summed E-state index contributed by atoms with van der Waals surface area (Å²) < 4.78 is 5.79. The SMILES string of the molecule is CN1CCN(C2COCc3ccccc32)C(CN)C1. The largest absolute Gasteiger partial charge is 0.375 e. The second-order valence-corrected chi connectivity index (χ2v) is 5.62. The van der Waals surface area contributed by atoms with E-state index in [4.69, 9.17) is 10.5 Å². The summed E-state index contributed by atoms with van der Waals surface area (Å²) in [5.74, 6) is 0. The number of likely N-dealkylation sites (N-methyl/N-ethyl adjacent to an activating group) is 1. The fourth-order valence-corrected chi connectivity index (χ4v) is 3.28. The van der Waals surface area contributed by atoms with Gasteiger partial charge in [-0.15, -0.1) is 0 Å². The molecule has 0 aliphatic carbocycles. The molecule has 0 spiro atoms. The van der Waals surface area contributed by atoms with Gasteiger partial charge in [-0.25, -0.2) is 0 Å². The van der Waals surface area contributed by atoms with Crippen molar-refractivity contribution in [2.45, 2.75) is 18.7 Å². The predicted octanol–water partition coefficient (Wildman–Crippen LogP) is 0.833. The maximum absolute atomic E-state index is 5.97. The van der Waals surface area contributed by atoms with Crippen molar-refractivity contribution < 1.29 is 4.74 Å². The fourth-order valence-electron chi connectivity index (χ4n) is 3.28. The first kappa shape index (κ1) is 13.1. The molecule has 2 N–H and O–H groups in total. The smallest absolute Gasteiger partial charge is 0.0721 e. The van der Waals surface area contributed by atoms with Crippen LogP contribution < -0.4 is 5.73 Å². The third-order valence-electron chi connectivity index (χ3n) is 4.35. The molecule has 1 fully saturated rings. The molecule has 0 aromatic heterocycles. The minimum atomic E-state index is 0.368. The number of nitrogens with two attached hydrogens (primary N) is 1. The predicted molar refractivity (Wildman–Crippen MR) is 75.9 cm³/mol. The number of rotatable bonds is 2. The maximum Gasteiger partial charge on any atom is 0.0721 e. The van der Waals surface area contributed by atoms with Crippen LogP contribution in [-0.4, -0.2) is 55.7 Å². The van der Waals surface area contributed by atoms with Crippen molar-refractivity contribution in [1.29, 1.82) is 0 Å². The zero-order valence-electron chi connectivity index (χ0n) is 11.6. The van der Waals surface area contributed by atoms with E-state index in [1.54, 1.807) is 0 Å². The monoisotopic (exact) mass is 261 g/mol. The van der Waals surface area contributed by atoms with E-state index in [0.29, 0.717) is 18.6 Å². The zero-order chi connectivity index (χ0) is 13.2. The molecule has 0 radical (unpaired) electrons. The van der Waals surface area contributed by atoms with Gasteiger partial charge in [0.2, 0.25) is 0 Å². The van der Waals surface area contributed by atoms with E-state index < -0.39 is 0 Å². The van der Waals surface area contributed by atoms with Gasteiger partial charge >= 0.3 is 0 Å². The highest BCUT2D eigenvalue weighted by atomic mass is 16.5. The number of nitrogens with zero attached hydrogens (tertiary/aromatic N) is 2. The molecule has 1 saturated heterocycles. The van der Waals surface area contributed by atoms with Gasteiger partial charge < -0.3 is 15.4 Å². The van der Waals surface area contributed by atoms with Gasteiger partial charge in [-0.3, -0.25) is 4.90 Å². The average Bonchev–Trinajstić information content (AvgIpc) is 2.46. The first-order valence-electron chi connectivity index (χ1n) is 7.09. The number of benzene rings is 1. The standard InChI is InChI=1S/C15H23N3O/c1-17-6-7-18(13(8-16)9-17)15-11-19-10-12-4-2-3-5-14(12)15/h2-5,13,15H,6-11,16H2,1H3. The summed E-state index contributed by atoms with van der Waals surface area (Å²) in [6.07, 6.45) is 0. The normalized spacial score (nSPS) is 29.2. The third kappa shape index (κ3) is 2.54. The minimum absolute atomic E-state index is 0.368. The molecule has 2 unspecified atom stereocenters. The van der Waals surface area contributed by atoms with Crippen molar-refractivity contribution in [1.82, 2.24) is 9.80 Å². The molecule has 3 rings (SSSR count). The van der Waals surface area contributed by atoms with E-state index in [2.05, 4.69) is 41.1 Å². The lowest BCUT2D eigenvalue weighted by Crippen LogP contribution is -2.56. The molecule has 0 bridgehead atoms.